The minimum absolute atomic E-state index is 0.272. The minimum atomic E-state index is 0.272. The number of fused-ring (bicyclic) bond motifs is 2. The molecule has 0 unspecified atom stereocenters. The lowest BCUT2D eigenvalue weighted by molar-refractivity contribution is 0.174. The monoisotopic (exact) mass is 366 g/mol. The Bertz CT molecular complexity index is 1090. The molecule has 0 radical (unpaired) electrons. The summed E-state index contributed by atoms with van der Waals surface area (Å²) in [6.45, 7) is 2.94. The average Bonchev–Trinajstić information content (AvgIpc) is 3.38. The number of thiophene rings is 1. The number of hydrogen-bond acceptors (Lipinski definition) is 8. The first kappa shape index (κ1) is 15.1. The lowest BCUT2D eigenvalue weighted by atomic mass is 10.2. The van der Waals surface area contributed by atoms with Crippen molar-refractivity contribution in [2.24, 2.45) is 0 Å². The maximum absolute atomic E-state index is 5.44. The van der Waals surface area contributed by atoms with Crippen LogP contribution in [0.3, 0.4) is 0 Å². The van der Waals surface area contributed by atoms with E-state index in [1.54, 1.807) is 22.3 Å². The van der Waals surface area contributed by atoms with Crippen molar-refractivity contribution in [3.05, 3.63) is 47.4 Å². The molecule has 4 aromatic rings. The molecule has 26 heavy (non-hydrogen) atoms. The number of ether oxygens (including phenoxy) is 2. The van der Waals surface area contributed by atoms with E-state index in [1.165, 1.54) is 11.2 Å². The van der Waals surface area contributed by atoms with E-state index in [2.05, 4.69) is 38.4 Å². The van der Waals surface area contributed by atoms with Crippen LogP contribution >= 0.6 is 11.3 Å². The number of aromatic nitrogens is 5. The summed E-state index contributed by atoms with van der Waals surface area (Å²) in [5.74, 6) is 2.81. The van der Waals surface area contributed by atoms with Crippen molar-refractivity contribution >= 4 is 27.4 Å². The lowest BCUT2D eigenvalue weighted by Gasteiger charge is -2.09. The van der Waals surface area contributed by atoms with Gasteiger partial charge < -0.3 is 14.8 Å². The van der Waals surface area contributed by atoms with Crippen LogP contribution in [-0.2, 0) is 6.54 Å². The molecule has 9 heteroatoms. The normalized spacial score (nSPS) is 12.7. The van der Waals surface area contributed by atoms with E-state index >= 15 is 0 Å². The van der Waals surface area contributed by atoms with Crippen LogP contribution in [0.4, 0.5) is 5.82 Å². The number of nitrogens with zero attached hydrogens (tertiary/aromatic N) is 5. The summed E-state index contributed by atoms with van der Waals surface area (Å²) in [5, 5.41) is 8.53. The van der Waals surface area contributed by atoms with Gasteiger partial charge in [0.2, 0.25) is 6.79 Å². The summed E-state index contributed by atoms with van der Waals surface area (Å²) in [6, 6.07) is 8.00. The van der Waals surface area contributed by atoms with Crippen molar-refractivity contribution in [3.8, 4) is 17.4 Å². The zero-order valence-corrected chi connectivity index (χ0v) is 14.7. The molecule has 8 nitrogen and oxygen atoms in total. The average molecular weight is 366 g/mol. The fourth-order valence-corrected chi connectivity index (χ4v) is 3.69. The van der Waals surface area contributed by atoms with Crippen LogP contribution in [0.25, 0.3) is 16.2 Å². The molecular formula is C17H14N6O2S. The molecule has 0 atom stereocenters. The molecule has 130 valence electrons. The Morgan fingerprint density at radius 1 is 1.19 bits per heavy atom. The second-order valence-corrected chi connectivity index (χ2v) is 7.06. The third-order valence-electron chi connectivity index (χ3n) is 4.02. The number of hydrogen-bond donors (Lipinski definition) is 1. The predicted molar refractivity (Wildman–Crippen MR) is 97.0 cm³/mol. The molecular weight excluding hydrogens is 352 g/mol. The van der Waals surface area contributed by atoms with Gasteiger partial charge in [-0.25, -0.2) is 4.98 Å². The van der Waals surface area contributed by atoms with E-state index in [0.717, 1.165) is 33.1 Å². The fraction of sp³-hybridized carbons (Fsp3) is 0.176. The number of anilines is 1. The van der Waals surface area contributed by atoms with E-state index in [-0.39, 0.29) is 6.79 Å². The topological polar surface area (TPSA) is 87.0 Å². The molecule has 1 N–H and O–H groups in total. The third kappa shape index (κ3) is 2.62. The smallest absolute Gasteiger partial charge is 0.255 e. The number of nitrogens with one attached hydrogen (secondary N) is 1. The van der Waals surface area contributed by atoms with Crippen LogP contribution in [-0.4, -0.2) is 31.5 Å². The highest BCUT2D eigenvalue weighted by Crippen LogP contribution is 2.33. The van der Waals surface area contributed by atoms with Crippen LogP contribution in [0.2, 0.25) is 0 Å². The highest BCUT2D eigenvalue weighted by Gasteiger charge is 2.15. The molecule has 0 fully saturated rings. The van der Waals surface area contributed by atoms with Crippen LogP contribution in [0.1, 0.15) is 10.4 Å². The van der Waals surface area contributed by atoms with E-state index in [1.807, 2.05) is 18.2 Å². The predicted octanol–water partition coefficient (Wildman–Crippen LogP) is 2.92. The van der Waals surface area contributed by atoms with E-state index in [4.69, 9.17) is 9.47 Å². The van der Waals surface area contributed by atoms with Crippen LogP contribution in [0.15, 0.2) is 36.9 Å². The van der Waals surface area contributed by atoms with E-state index in [9.17, 15) is 0 Å². The van der Waals surface area contributed by atoms with Crippen molar-refractivity contribution < 1.29 is 9.47 Å². The van der Waals surface area contributed by atoms with Crippen LogP contribution in [0.5, 0.6) is 11.5 Å². The molecule has 0 aliphatic carbocycles. The number of aryl methyl sites for hydroxylation is 1. The van der Waals surface area contributed by atoms with Crippen molar-refractivity contribution in [3.63, 3.8) is 0 Å². The quantitative estimate of drug-likeness (QED) is 0.594. The maximum atomic E-state index is 5.44. The molecule has 4 heterocycles. The van der Waals surface area contributed by atoms with Crippen molar-refractivity contribution in [2.45, 2.75) is 13.5 Å². The van der Waals surface area contributed by atoms with Gasteiger partial charge in [0.15, 0.2) is 11.5 Å². The lowest BCUT2D eigenvalue weighted by Crippen LogP contribution is -2.07. The molecule has 0 spiro atoms. The Kier molecular flexibility index (Phi) is 3.45. The zero-order chi connectivity index (χ0) is 17.5. The number of benzene rings is 1. The minimum Gasteiger partial charge on any atom is -0.454 e. The largest absolute Gasteiger partial charge is 0.454 e. The van der Waals surface area contributed by atoms with Gasteiger partial charge in [0.1, 0.15) is 23.3 Å². The fourth-order valence-electron chi connectivity index (χ4n) is 2.82. The third-order valence-corrected chi connectivity index (χ3v) is 4.97. The first-order valence-electron chi connectivity index (χ1n) is 8.02. The summed E-state index contributed by atoms with van der Waals surface area (Å²) in [4.78, 5) is 15.3. The zero-order valence-electron chi connectivity index (χ0n) is 13.8. The Morgan fingerprint density at radius 3 is 3.00 bits per heavy atom. The standard InChI is InChI=1S/C17H14N6O2S/c1-10-4-12-15(19-6-11-2-3-13-14(5-11)25-9-24-13)21-17(22-16(12)26-10)23-8-18-7-20-23/h2-5,7-8H,6,9H2,1H3,(H,19,21,22). The molecule has 0 amide bonds. The van der Waals surface area contributed by atoms with Gasteiger partial charge in [0.25, 0.3) is 5.95 Å². The Labute approximate surface area is 152 Å². The second kappa shape index (κ2) is 5.95. The SMILES string of the molecule is Cc1cc2c(NCc3ccc4c(c3)OCO4)nc(-n3cncn3)nc2s1. The van der Waals surface area contributed by atoms with Gasteiger partial charge in [-0.3, -0.25) is 0 Å². The van der Waals surface area contributed by atoms with Gasteiger partial charge in [-0.05, 0) is 30.7 Å². The van der Waals surface area contributed by atoms with E-state index in [0.29, 0.717) is 12.5 Å². The number of rotatable bonds is 4. The Balaban J connectivity index is 1.49. The summed E-state index contributed by atoms with van der Waals surface area (Å²) in [7, 11) is 0. The highest BCUT2D eigenvalue weighted by molar-refractivity contribution is 7.18. The molecule has 0 saturated heterocycles. The first-order valence-corrected chi connectivity index (χ1v) is 8.83. The second-order valence-electron chi connectivity index (χ2n) is 5.83. The summed E-state index contributed by atoms with van der Waals surface area (Å²) in [5.41, 5.74) is 1.08. The first-order chi connectivity index (χ1) is 12.8. The van der Waals surface area contributed by atoms with Crippen molar-refractivity contribution in [2.75, 3.05) is 12.1 Å². The van der Waals surface area contributed by atoms with Gasteiger partial charge in [-0.2, -0.15) is 19.7 Å². The summed E-state index contributed by atoms with van der Waals surface area (Å²) in [6.07, 6.45) is 3.05. The molecule has 5 rings (SSSR count). The molecule has 3 aromatic heterocycles. The van der Waals surface area contributed by atoms with Gasteiger partial charge >= 0.3 is 0 Å². The summed E-state index contributed by atoms with van der Waals surface area (Å²) >= 11 is 1.63. The maximum Gasteiger partial charge on any atom is 0.255 e. The molecule has 0 bridgehead atoms. The Morgan fingerprint density at radius 2 is 2.12 bits per heavy atom. The van der Waals surface area contributed by atoms with Crippen molar-refractivity contribution in [1.82, 2.24) is 24.7 Å². The van der Waals surface area contributed by atoms with Crippen molar-refractivity contribution in [1.29, 1.82) is 0 Å². The molecule has 0 saturated carbocycles. The van der Waals surface area contributed by atoms with Gasteiger partial charge in [-0.1, -0.05) is 6.07 Å². The van der Waals surface area contributed by atoms with Gasteiger partial charge in [-0.15, -0.1) is 11.3 Å². The van der Waals surface area contributed by atoms with Crippen LogP contribution in [0, 0.1) is 6.92 Å². The van der Waals surface area contributed by atoms with Crippen LogP contribution < -0.4 is 14.8 Å². The summed E-state index contributed by atoms with van der Waals surface area (Å²) < 4.78 is 12.4. The van der Waals surface area contributed by atoms with Gasteiger partial charge in [0, 0.05) is 11.4 Å². The molecule has 1 aromatic carbocycles. The van der Waals surface area contributed by atoms with E-state index < -0.39 is 0 Å². The molecule has 1 aliphatic rings. The Hall–Kier alpha value is -3.20. The highest BCUT2D eigenvalue weighted by atomic mass is 32.1. The van der Waals surface area contributed by atoms with Gasteiger partial charge in [0.05, 0.1) is 5.39 Å². The molecule has 1 aliphatic heterocycles.